The van der Waals surface area contributed by atoms with E-state index in [9.17, 15) is 27.6 Å². The van der Waals surface area contributed by atoms with E-state index in [0.29, 0.717) is 4.88 Å². The molecule has 1 aromatic heterocycles. The Labute approximate surface area is 151 Å². The first kappa shape index (κ1) is 19.6. The van der Waals surface area contributed by atoms with Gasteiger partial charge in [0.25, 0.3) is 5.91 Å². The first-order chi connectivity index (χ1) is 12.1. The van der Waals surface area contributed by atoms with Crippen molar-refractivity contribution in [3.05, 3.63) is 51.7 Å². The molecule has 2 rings (SSSR count). The summed E-state index contributed by atoms with van der Waals surface area (Å²) in [6.45, 7) is 0.938. The molecule has 0 radical (unpaired) electrons. The minimum Gasteiger partial charge on any atom is -0.332 e. The highest BCUT2D eigenvalue weighted by atomic mass is 32.1. The number of carbonyl (C=O) groups excluding carboxylic acids is 3. The van der Waals surface area contributed by atoms with Crippen LogP contribution in [0.5, 0.6) is 0 Å². The van der Waals surface area contributed by atoms with Crippen LogP contribution >= 0.6 is 11.3 Å². The summed E-state index contributed by atoms with van der Waals surface area (Å²) in [5.41, 5.74) is -1.34. The number of benzene rings is 1. The molecular weight excluding hydrogens is 369 g/mol. The van der Waals surface area contributed by atoms with Crippen molar-refractivity contribution in [3.8, 4) is 0 Å². The first-order valence-electron chi connectivity index (χ1n) is 7.42. The van der Waals surface area contributed by atoms with Crippen LogP contribution in [0.4, 0.5) is 18.9 Å². The molecule has 138 valence electrons. The van der Waals surface area contributed by atoms with E-state index in [-0.39, 0.29) is 16.3 Å². The molecule has 0 bridgehead atoms. The number of anilines is 1. The second-order valence-corrected chi connectivity index (χ2v) is 6.56. The van der Waals surface area contributed by atoms with Gasteiger partial charge in [-0.1, -0.05) is 12.1 Å². The zero-order chi connectivity index (χ0) is 19.5. The van der Waals surface area contributed by atoms with Crippen molar-refractivity contribution in [2.75, 3.05) is 18.9 Å². The van der Waals surface area contributed by atoms with Gasteiger partial charge in [-0.3, -0.25) is 14.4 Å². The van der Waals surface area contributed by atoms with E-state index < -0.39 is 30.1 Å². The average Bonchev–Trinajstić information content (AvgIpc) is 3.03. The molecule has 0 fully saturated rings. The van der Waals surface area contributed by atoms with E-state index in [0.717, 1.165) is 28.4 Å². The molecule has 2 aromatic rings. The summed E-state index contributed by atoms with van der Waals surface area (Å²) in [6.07, 6.45) is -4.61. The van der Waals surface area contributed by atoms with Gasteiger partial charge in [0.2, 0.25) is 5.91 Å². The molecule has 0 aliphatic carbocycles. The van der Waals surface area contributed by atoms with Crippen molar-refractivity contribution in [3.63, 3.8) is 0 Å². The summed E-state index contributed by atoms with van der Waals surface area (Å²) in [5.74, 6) is -1.44. The number of carbonyl (C=O) groups is 3. The van der Waals surface area contributed by atoms with E-state index >= 15 is 0 Å². The summed E-state index contributed by atoms with van der Waals surface area (Å²) < 4.78 is 38.8. The lowest BCUT2D eigenvalue weighted by atomic mass is 10.1. The molecule has 0 saturated carbocycles. The van der Waals surface area contributed by atoms with Crippen LogP contribution in [0, 0.1) is 0 Å². The Bertz CT molecular complexity index is 846. The van der Waals surface area contributed by atoms with E-state index in [1.807, 2.05) is 0 Å². The molecule has 0 saturated heterocycles. The summed E-state index contributed by atoms with van der Waals surface area (Å²) >= 11 is 0.993. The van der Waals surface area contributed by atoms with Gasteiger partial charge in [0, 0.05) is 7.05 Å². The number of hydrogen-bond acceptors (Lipinski definition) is 4. The smallest absolute Gasteiger partial charge is 0.332 e. The number of likely N-dealkylation sites (N-methyl/N-ethyl adjacent to an activating group) is 1. The Morgan fingerprint density at radius 3 is 2.27 bits per heavy atom. The number of thiophene rings is 1. The molecule has 1 heterocycles. The number of hydrogen-bond donors (Lipinski definition) is 1. The van der Waals surface area contributed by atoms with Gasteiger partial charge in [-0.15, -0.1) is 11.3 Å². The lowest BCUT2D eigenvalue weighted by molar-refractivity contribution is -0.137. The fraction of sp³-hybridized carbons (Fsp3) is 0.235. The van der Waals surface area contributed by atoms with Crippen LogP contribution < -0.4 is 5.32 Å². The maximum Gasteiger partial charge on any atom is 0.418 e. The Hall–Kier alpha value is -2.68. The number of nitrogens with zero attached hydrogens (tertiary/aromatic N) is 1. The van der Waals surface area contributed by atoms with Gasteiger partial charge in [0.15, 0.2) is 5.78 Å². The van der Waals surface area contributed by atoms with E-state index in [1.165, 1.54) is 38.2 Å². The van der Waals surface area contributed by atoms with Crippen LogP contribution in [0.25, 0.3) is 0 Å². The maximum atomic E-state index is 12.9. The zero-order valence-corrected chi connectivity index (χ0v) is 14.7. The number of alkyl halides is 3. The monoisotopic (exact) mass is 384 g/mol. The van der Waals surface area contributed by atoms with Gasteiger partial charge in [0.1, 0.15) is 0 Å². The SMILES string of the molecule is CC(=O)c1ccc(C(=O)N(C)CC(=O)Nc2ccccc2C(F)(F)F)s1. The Kier molecular flexibility index (Phi) is 5.81. The lowest BCUT2D eigenvalue weighted by Crippen LogP contribution is -2.34. The fourth-order valence-corrected chi connectivity index (χ4v) is 3.04. The number of ketones is 1. The van der Waals surface area contributed by atoms with Crippen molar-refractivity contribution >= 4 is 34.6 Å². The summed E-state index contributed by atoms with van der Waals surface area (Å²) in [4.78, 5) is 37.3. The third-order valence-corrected chi connectivity index (χ3v) is 4.57. The molecule has 26 heavy (non-hydrogen) atoms. The molecule has 0 aliphatic heterocycles. The van der Waals surface area contributed by atoms with Crippen LogP contribution in [0.1, 0.15) is 31.8 Å². The molecule has 9 heteroatoms. The van der Waals surface area contributed by atoms with E-state index in [1.54, 1.807) is 0 Å². The molecule has 0 atom stereocenters. The number of Topliss-reactive ketones (excluding diaryl/α,β-unsaturated/α-hetero) is 1. The van der Waals surface area contributed by atoms with Crippen molar-refractivity contribution in [2.45, 2.75) is 13.1 Å². The van der Waals surface area contributed by atoms with Gasteiger partial charge < -0.3 is 10.2 Å². The third kappa shape index (κ3) is 4.69. The predicted molar refractivity (Wildman–Crippen MR) is 91.4 cm³/mol. The van der Waals surface area contributed by atoms with Gasteiger partial charge in [-0.25, -0.2) is 0 Å². The van der Waals surface area contributed by atoms with Crippen molar-refractivity contribution in [2.24, 2.45) is 0 Å². The van der Waals surface area contributed by atoms with Crippen LogP contribution in [-0.4, -0.2) is 36.1 Å². The fourth-order valence-electron chi connectivity index (χ4n) is 2.15. The third-order valence-electron chi connectivity index (χ3n) is 3.40. The topological polar surface area (TPSA) is 66.5 Å². The van der Waals surface area contributed by atoms with Crippen molar-refractivity contribution < 1.29 is 27.6 Å². The van der Waals surface area contributed by atoms with Crippen LogP contribution in [-0.2, 0) is 11.0 Å². The molecule has 5 nitrogen and oxygen atoms in total. The van der Waals surface area contributed by atoms with Crippen LogP contribution in [0.2, 0.25) is 0 Å². The molecule has 0 aliphatic rings. The van der Waals surface area contributed by atoms with Gasteiger partial charge in [-0.2, -0.15) is 13.2 Å². The number of para-hydroxylation sites is 1. The minimum absolute atomic E-state index is 0.182. The van der Waals surface area contributed by atoms with Gasteiger partial charge >= 0.3 is 6.18 Å². The van der Waals surface area contributed by atoms with Crippen LogP contribution in [0.15, 0.2) is 36.4 Å². The number of amides is 2. The molecule has 1 N–H and O–H groups in total. The summed E-state index contributed by atoms with van der Waals surface area (Å²) in [5, 5.41) is 2.17. The Balaban J connectivity index is 2.05. The average molecular weight is 384 g/mol. The molecular formula is C17H15F3N2O3S. The quantitative estimate of drug-likeness (QED) is 0.800. The van der Waals surface area contributed by atoms with E-state index in [2.05, 4.69) is 5.32 Å². The minimum atomic E-state index is -4.61. The highest BCUT2D eigenvalue weighted by Crippen LogP contribution is 2.34. The Morgan fingerprint density at radius 1 is 1.08 bits per heavy atom. The van der Waals surface area contributed by atoms with Gasteiger partial charge in [-0.05, 0) is 31.2 Å². The standard InChI is InChI=1S/C17H15F3N2O3S/c1-10(23)13-7-8-14(26-13)16(25)22(2)9-15(24)21-12-6-4-3-5-11(12)17(18,19)20/h3-8H,9H2,1-2H3,(H,21,24). The molecule has 1 aromatic carbocycles. The summed E-state index contributed by atoms with van der Waals surface area (Å²) in [6, 6.07) is 7.57. The first-order valence-corrected chi connectivity index (χ1v) is 8.23. The highest BCUT2D eigenvalue weighted by molar-refractivity contribution is 7.15. The maximum absolute atomic E-state index is 12.9. The molecule has 2 amide bonds. The number of halogens is 3. The van der Waals surface area contributed by atoms with Crippen molar-refractivity contribution in [1.29, 1.82) is 0 Å². The highest BCUT2D eigenvalue weighted by Gasteiger charge is 2.33. The molecule has 0 unspecified atom stereocenters. The second-order valence-electron chi connectivity index (χ2n) is 5.47. The largest absolute Gasteiger partial charge is 0.418 e. The zero-order valence-electron chi connectivity index (χ0n) is 13.9. The lowest BCUT2D eigenvalue weighted by Gasteiger charge is -2.17. The van der Waals surface area contributed by atoms with Crippen molar-refractivity contribution in [1.82, 2.24) is 4.90 Å². The summed E-state index contributed by atoms with van der Waals surface area (Å²) in [7, 11) is 1.35. The van der Waals surface area contributed by atoms with E-state index in [4.69, 9.17) is 0 Å². The Morgan fingerprint density at radius 2 is 1.69 bits per heavy atom. The second kappa shape index (κ2) is 7.69. The normalized spacial score (nSPS) is 11.1. The molecule has 0 spiro atoms. The number of nitrogens with one attached hydrogen (secondary N) is 1. The van der Waals surface area contributed by atoms with Crippen LogP contribution in [0.3, 0.4) is 0 Å². The number of rotatable bonds is 5. The predicted octanol–water partition coefficient (Wildman–Crippen LogP) is 3.68. The van der Waals surface area contributed by atoms with Gasteiger partial charge in [0.05, 0.1) is 27.5 Å².